The average molecular weight is 249 g/mol. The topological polar surface area (TPSA) is 66.8 Å². The fraction of sp³-hybridized carbons (Fsp3) is 0.385. The van der Waals surface area contributed by atoms with Gasteiger partial charge in [0.2, 0.25) is 0 Å². The molecule has 1 fully saturated rings. The molecule has 1 saturated heterocycles. The van der Waals surface area contributed by atoms with Gasteiger partial charge in [-0.25, -0.2) is 9.59 Å². The number of carboxylic acids is 1. The average Bonchev–Trinajstić information content (AvgIpc) is 2.34. The van der Waals surface area contributed by atoms with E-state index in [0.717, 1.165) is 5.56 Å². The van der Waals surface area contributed by atoms with Gasteiger partial charge >= 0.3 is 12.1 Å². The molecule has 2 rings (SSSR count). The third-order valence-corrected chi connectivity index (χ3v) is 3.08. The van der Waals surface area contributed by atoms with Crippen molar-refractivity contribution in [3.05, 3.63) is 35.9 Å². The van der Waals surface area contributed by atoms with Crippen LogP contribution in [-0.2, 0) is 16.1 Å². The highest BCUT2D eigenvalue weighted by Crippen LogP contribution is 2.26. The first-order valence-corrected chi connectivity index (χ1v) is 5.81. The summed E-state index contributed by atoms with van der Waals surface area (Å²) in [6.07, 6.45) is -0.0829. The van der Waals surface area contributed by atoms with Gasteiger partial charge in [-0.15, -0.1) is 0 Å². The first-order valence-electron chi connectivity index (χ1n) is 5.81. The van der Waals surface area contributed by atoms with Crippen LogP contribution in [0.15, 0.2) is 30.3 Å². The summed E-state index contributed by atoms with van der Waals surface area (Å²) in [5.74, 6) is -0.982. The number of rotatable bonds is 3. The number of hydrogen-bond donors (Lipinski definition) is 1. The first-order chi connectivity index (χ1) is 8.59. The van der Waals surface area contributed by atoms with Crippen molar-refractivity contribution in [2.45, 2.75) is 32.0 Å². The van der Waals surface area contributed by atoms with E-state index in [-0.39, 0.29) is 12.6 Å². The zero-order chi connectivity index (χ0) is 13.1. The SMILES string of the molecule is C[C@@H]1C[C@H](C(=O)O)N1C(=O)OCc1ccccc1. The molecule has 5 nitrogen and oxygen atoms in total. The van der Waals surface area contributed by atoms with Crippen molar-refractivity contribution in [3.8, 4) is 0 Å². The lowest BCUT2D eigenvalue weighted by molar-refractivity contribution is -0.149. The Balaban J connectivity index is 1.90. The molecule has 5 heteroatoms. The maximum atomic E-state index is 11.8. The number of aliphatic carboxylic acids is 1. The molecule has 1 aromatic carbocycles. The molecule has 2 atom stereocenters. The Bertz CT molecular complexity index is 446. The minimum Gasteiger partial charge on any atom is -0.480 e. The quantitative estimate of drug-likeness (QED) is 0.888. The summed E-state index contributed by atoms with van der Waals surface area (Å²) in [6.45, 7) is 1.97. The van der Waals surface area contributed by atoms with Gasteiger partial charge in [-0.05, 0) is 18.9 Å². The van der Waals surface area contributed by atoms with E-state index >= 15 is 0 Å². The molecule has 0 aromatic heterocycles. The smallest absolute Gasteiger partial charge is 0.411 e. The number of carboxylic acid groups (broad SMARTS) is 1. The lowest BCUT2D eigenvalue weighted by Gasteiger charge is -2.43. The highest BCUT2D eigenvalue weighted by Gasteiger charge is 2.44. The van der Waals surface area contributed by atoms with Gasteiger partial charge in [-0.3, -0.25) is 4.90 Å². The van der Waals surface area contributed by atoms with Crippen LogP contribution in [0.2, 0.25) is 0 Å². The molecule has 1 aromatic rings. The zero-order valence-electron chi connectivity index (χ0n) is 10.1. The number of likely N-dealkylation sites (tertiary alicyclic amines) is 1. The molecule has 0 spiro atoms. The number of carbonyl (C=O) groups excluding carboxylic acids is 1. The number of hydrogen-bond acceptors (Lipinski definition) is 3. The second-order valence-corrected chi connectivity index (χ2v) is 4.39. The van der Waals surface area contributed by atoms with E-state index in [4.69, 9.17) is 9.84 Å². The summed E-state index contributed by atoms with van der Waals surface area (Å²) in [5, 5.41) is 8.91. The van der Waals surface area contributed by atoms with Crippen molar-refractivity contribution in [3.63, 3.8) is 0 Å². The van der Waals surface area contributed by atoms with Crippen LogP contribution >= 0.6 is 0 Å². The van der Waals surface area contributed by atoms with Crippen LogP contribution < -0.4 is 0 Å². The van der Waals surface area contributed by atoms with Crippen molar-refractivity contribution in [1.82, 2.24) is 4.90 Å². The van der Waals surface area contributed by atoms with E-state index in [1.165, 1.54) is 4.90 Å². The van der Waals surface area contributed by atoms with Gasteiger partial charge in [0.1, 0.15) is 12.6 Å². The van der Waals surface area contributed by atoms with Crippen LogP contribution in [0.5, 0.6) is 0 Å². The largest absolute Gasteiger partial charge is 0.480 e. The molecule has 1 aliphatic heterocycles. The van der Waals surface area contributed by atoms with E-state index in [1.54, 1.807) is 0 Å². The second-order valence-electron chi connectivity index (χ2n) is 4.39. The predicted octanol–water partition coefficient (Wildman–Crippen LogP) is 1.87. The Morgan fingerprint density at radius 3 is 2.61 bits per heavy atom. The van der Waals surface area contributed by atoms with E-state index in [0.29, 0.717) is 6.42 Å². The minimum atomic E-state index is -0.982. The summed E-state index contributed by atoms with van der Waals surface area (Å²) in [4.78, 5) is 23.9. The number of carbonyl (C=O) groups is 2. The summed E-state index contributed by atoms with van der Waals surface area (Å²) >= 11 is 0. The highest BCUT2D eigenvalue weighted by atomic mass is 16.6. The van der Waals surface area contributed by atoms with Crippen LogP contribution in [-0.4, -0.2) is 34.2 Å². The van der Waals surface area contributed by atoms with Crippen molar-refractivity contribution < 1.29 is 19.4 Å². The van der Waals surface area contributed by atoms with Gasteiger partial charge in [-0.2, -0.15) is 0 Å². The van der Waals surface area contributed by atoms with Gasteiger partial charge < -0.3 is 9.84 Å². The van der Waals surface area contributed by atoms with Crippen LogP contribution in [0.1, 0.15) is 18.9 Å². The summed E-state index contributed by atoms with van der Waals surface area (Å²) in [7, 11) is 0. The lowest BCUT2D eigenvalue weighted by Crippen LogP contribution is -2.60. The first kappa shape index (κ1) is 12.4. The molecule has 1 heterocycles. The number of nitrogens with zero attached hydrogens (tertiary/aromatic N) is 1. The van der Waals surface area contributed by atoms with E-state index < -0.39 is 18.1 Å². The van der Waals surface area contributed by atoms with Crippen molar-refractivity contribution >= 4 is 12.1 Å². The standard InChI is InChI=1S/C13H15NO4/c1-9-7-11(12(15)16)14(9)13(17)18-8-10-5-3-2-4-6-10/h2-6,9,11H,7-8H2,1H3,(H,15,16)/t9-,11-/m1/s1. The van der Waals surface area contributed by atoms with Crippen LogP contribution in [0.25, 0.3) is 0 Å². The van der Waals surface area contributed by atoms with Gasteiger partial charge in [0, 0.05) is 6.04 Å². The minimum absolute atomic E-state index is 0.0747. The molecule has 0 unspecified atom stereocenters. The molecule has 96 valence electrons. The maximum absolute atomic E-state index is 11.8. The van der Waals surface area contributed by atoms with Gasteiger partial charge in [-0.1, -0.05) is 30.3 Å². The third kappa shape index (κ3) is 2.45. The molecule has 1 amide bonds. The molecule has 0 radical (unpaired) electrons. The molecule has 1 N–H and O–H groups in total. The second kappa shape index (κ2) is 5.08. The Kier molecular flexibility index (Phi) is 3.50. The predicted molar refractivity (Wildman–Crippen MR) is 64.0 cm³/mol. The molecule has 0 bridgehead atoms. The number of amides is 1. The van der Waals surface area contributed by atoms with Crippen LogP contribution in [0.4, 0.5) is 4.79 Å². The van der Waals surface area contributed by atoms with Crippen LogP contribution in [0, 0.1) is 0 Å². The fourth-order valence-corrected chi connectivity index (χ4v) is 2.04. The fourth-order valence-electron chi connectivity index (χ4n) is 2.04. The Morgan fingerprint density at radius 1 is 1.39 bits per heavy atom. The van der Waals surface area contributed by atoms with Crippen molar-refractivity contribution in [2.75, 3.05) is 0 Å². The van der Waals surface area contributed by atoms with Crippen LogP contribution in [0.3, 0.4) is 0 Å². The molecular formula is C13H15NO4. The van der Waals surface area contributed by atoms with Gasteiger partial charge in [0.25, 0.3) is 0 Å². The summed E-state index contributed by atoms with van der Waals surface area (Å²) in [6, 6.07) is 8.47. The lowest BCUT2D eigenvalue weighted by atomic mass is 9.95. The number of ether oxygens (including phenoxy) is 1. The Labute approximate surface area is 105 Å². The van der Waals surface area contributed by atoms with Gasteiger partial charge in [0.05, 0.1) is 0 Å². The zero-order valence-corrected chi connectivity index (χ0v) is 10.1. The Hall–Kier alpha value is -2.04. The normalized spacial score (nSPS) is 22.2. The summed E-state index contributed by atoms with van der Waals surface area (Å²) < 4.78 is 5.11. The van der Waals surface area contributed by atoms with Crippen molar-refractivity contribution in [1.29, 1.82) is 0 Å². The molecule has 18 heavy (non-hydrogen) atoms. The van der Waals surface area contributed by atoms with E-state index in [2.05, 4.69) is 0 Å². The summed E-state index contributed by atoms with van der Waals surface area (Å²) in [5.41, 5.74) is 0.880. The number of benzene rings is 1. The monoisotopic (exact) mass is 249 g/mol. The Morgan fingerprint density at radius 2 is 2.06 bits per heavy atom. The molecule has 0 saturated carbocycles. The van der Waals surface area contributed by atoms with Gasteiger partial charge in [0.15, 0.2) is 0 Å². The molecular weight excluding hydrogens is 234 g/mol. The molecule has 1 aliphatic rings. The van der Waals surface area contributed by atoms with E-state index in [9.17, 15) is 9.59 Å². The molecule has 0 aliphatic carbocycles. The van der Waals surface area contributed by atoms with E-state index in [1.807, 2.05) is 37.3 Å². The highest BCUT2D eigenvalue weighted by molar-refractivity contribution is 5.82. The third-order valence-electron chi connectivity index (χ3n) is 3.08. The van der Waals surface area contributed by atoms with Crippen molar-refractivity contribution in [2.24, 2.45) is 0 Å². The maximum Gasteiger partial charge on any atom is 0.411 e.